The third-order valence-electron chi connectivity index (χ3n) is 7.78. The van der Waals surface area contributed by atoms with E-state index in [-0.39, 0.29) is 38.4 Å². The van der Waals surface area contributed by atoms with Crippen LogP contribution < -0.4 is 9.47 Å². The molecule has 2 unspecified atom stereocenters. The molecule has 0 radical (unpaired) electrons. The number of hydrogen-bond acceptors (Lipinski definition) is 8. The van der Waals surface area contributed by atoms with Crippen molar-refractivity contribution in [3.8, 4) is 11.5 Å². The molecule has 0 aliphatic carbocycles. The highest BCUT2D eigenvalue weighted by Crippen LogP contribution is 2.43. The molecule has 8 heteroatoms. The Labute approximate surface area is 275 Å². The van der Waals surface area contributed by atoms with Gasteiger partial charge in [0.05, 0.1) is 13.2 Å². The number of aryl methyl sites for hydroxylation is 1. The zero-order valence-corrected chi connectivity index (χ0v) is 28.6. The van der Waals surface area contributed by atoms with Gasteiger partial charge in [-0.3, -0.25) is 9.59 Å². The van der Waals surface area contributed by atoms with Crippen LogP contribution in [0.2, 0.25) is 0 Å². The molecule has 3 aromatic carbocycles. The van der Waals surface area contributed by atoms with Crippen molar-refractivity contribution >= 4 is 33.5 Å². The summed E-state index contributed by atoms with van der Waals surface area (Å²) in [4.78, 5) is 23.8. The van der Waals surface area contributed by atoms with Crippen LogP contribution in [0.25, 0.3) is 21.5 Å². The van der Waals surface area contributed by atoms with E-state index >= 15 is 0 Å². The lowest BCUT2D eigenvalue weighted by atomic mass is 9.98. The number of unbranched alkanes of at least 4 members (excludes halogenated alkanes) is 6. The highest BCUT2D eigenvalue weighted by Gasteiger charge is 2.21. The van der Waals surface area contributed by atoms with Gasteiger partial charge in [0.15, 0.2) is 12.2 Å². The second kappa shape index (κ2) is 20.7. The number of fused-ring (bicyclic) bond motifs is 2. The lowest BCUT2D eigenvalue weighted by molar-refractivity contribution is -0.152. The van der Waals surface area contributed by atoms with E-state index in [1.165, 1.54) is 26.7 Å². The Morgan fingerprint density at radius 2 is 1.07 bits per heavy atom. The number of hydrogen-bond donors (Lipinski definition) is 0. The van der Waals surface area contributed by atoms with Crippen LogP contribution in [0.5, 0.6) is 11.5 Å². The van der Waals surface area contributed by atoms with Gasteiger partial charge in [0, 0.05) is 48.6 Å². The van der Waals surface area contributed by atoms with E-state index in [1.807, 2.05) is 24.3 Å². The fourth-order valence-electron chi connectivity index (χ4n) is 5.42. The average Bonchev–Trinajstić information content (AvgIpc) is 3.04. The fourth-order valence-corrected chi connectivity index (χ4v) is 5.42. The van der Waals surface area contributed by atoms with Gasteiger partial charge in [0.1, 0.15) is 24.7 Å². The molecule has 0 amide bonds. The fraction of sp³-hybridized carbons (Fsp3) is 0.579. The van der Waals surface area contributed by atoms with Gasteiger partial charge in [-0.1, -0.05) is 95.7 Å². The lowest BCUT2D eigenvalue weighted by Gasteiger charge is -2.23. The van der Waals surface area contributed by atoms with Gasteiger partial charge < -0.3 is 28.4 Å². The molecule has 0 saturated heterocycles. The van der Waals surface area contributed by atoms with E-state index in [9.17, 15) is 9.59 Å². The van der Waals surface area contributed by atoms with Crippen molar-refractivity contribution in [3.05, 3.63) is 48.0 Å². The van der Waals surface area contributed by atoms with Crippen LogP contribution in [0.4, 0.5) is 0 Å². The van der Waals surface area contributed by atoms with Gasteiger partial charge in [-0.15, -0.1) is 0 Å². The molecule has 8 nitrogen and oxygen atoms in total. The molecule has 0 aromatic heterocycles. The van der Waals surface area contributed by atoms with Gasteiger partial charge in [-0.05, 0) is 30.9 Å². The van der Waals surface area contributed by atoms with Crippen LogP contribution >= 0.6 is 0 Å². The average molecular weight is 639 g/mol. The molecule has 0 saturated carbocycles. The van der Waals surface area contributed by atoms with Crippen molar-refractivity contribution in [2.45, 2.75) is 105 Å². The highest BCUT2D eigenvalue weighted by molar-refractivity contribution is 6.11. The molecule has 46 heavy (non-hydrogen) atoms. The molecule has 0 aliphatic rings. The first-order chi connectivity index (χ1) is 22.4. The number of ether oxygens (including phenoxy) is 6. The summed E-state index contributed by atoms with van der Waals surface area (Å²) in [7, 11) is 0. The van der Waals surface area contributed by atoms with Gasteiger partial charge in [0.2, 0.25) is 0 Å². The Kier molecular flexibility index (Phi) is 16.7. The van der Waals surface area contributed by atoms with Crippen molar-refractivity contribution in [3.63, 3.8) is 0 Å². The molecular weight excluding hydrogens is 584 g/mol. The van der Waals surface area contributed by atoms with Gasteiger partial charge >= 0.3 is 11.9 Å². The minimum absolute atomic E-state index is 0.146. The second-order valence-corrected chi connectivity index (χ2v) is 11.8. The monoisotopic (exact) mass is 638 g/mol. The van der Waals surface area contributed by atoms with E-state index in [0.717, 1.165) is 72.1 Å². The molecule has 3 rings (SSSR count). The molecule has 0 aliphatic heterocycles. The van der Waals surface area contributed by atoms with Crippen LogP contribution in [0.3, 0.4) is 0 Å². The summed E-state index contributed by atoms with van der Waals surface area (Å²) < 4.78 is 35.9. The summed E-state index contributed by atoms with van der Waals surface area (Å²) >= 11 is 0. The normalized spacial score (nSPS) is 12.6. The first-order valence-corrected chi connectivity index (χ1v) is 17.1. The van der Waals surface area contributed by atoms with E-state index in [1.54, 1.807) is 0 Å². The molecule has 0 heterocycles. The summed E-state index contributed by atoms with van der Waals surface area (Å²) in [6, 6.07) is 14.2. The zero-order valence-electron chi connectivity index (χ0n) is 28.6. The first kappa shape index (κ1) is 37.1. The maximum Gasteiger partial charge on any atom is 0.303 e. The topological polar surface area (TPSA) is 89.5 Å². The molecule has 3 aromatic rings. The summed E-state index contributed by atoms with van der Waals surface area (Å²) in [6.45, 7) is 11.3. The smallest absolute Gasteiger partial charge is 0.303 e. The second-order valence-electron chi connectivity index (χ2n) is 11.8. The number of carbonyl (C=O) groups is 2. The Bertz CT molecular complexity index is 1350. The molecule has 254 valence electrons. The van der Waals surface area contributed by atoms with E-state index < -0.39 is 12.2 Å². The van der Waals surface area contributed by atoms with Crippen LogP contribution in [0, 0.1) is 0 Å². The number of carbonyl (C=O) groups excluding carboxylic acids is 2. The standard InChI is InChI=1S/C38H54O8/c1-6-9-11-15-21-41-24-31(45-28(4)39)26-43-37-33-17-13-14-18-34(33)38(36-23-30(8-3)19-20-35(36)37)44-27-32(46-29(5)40)25-42-22-16-12-10-7-2/h13-14,17-20,23,31-32H,6-12,15-16,21-22,24-27H2,1-5H3. The predicted molar refractivity (Wildman–Crippen MR) is 183 cm³/mol. The molecule has 2 atom stereocenters. The summed E-state index contributed by atoms with van der Waals surface area (Å²) in [5, 5.41) is 3.51. The largest absolute Gasteiger partial charge is 0.488 e. The first-order valence-electron chi connectivity index (χ1n) is 17.1. The minimum atomic E-state index is -0.547. The predicted octanol–water partition coefficient (Wildman–Crippen LogP) is 8.37. The Balaban J connectivity index is 1.87. The Morgan fingerprint density at radius 1 is 0.587 bits per heavy atom. The Morgan fingerprint density at radius 3 is 1.52 bits per heavy atom. The van der Waals surface area contributed by atoms with Crippen molar-refractivity contribution in [1.82, 2.24) is 0 Å². The van der Waals surface area contributed by atoms with Crippen LogP contribution in [0.15, 0.2) is 42.5 Å². The molecule has 0 bridgehead atoms. The van der Waals surface area contributed by atoms with Crippen molar-refractivity contribution in [2.24, 2.45) is 0 Å². The third-order valence-corrected chi connectivity index (χ3v) is 7.78. The van der Waals surface area contributed by atoms with E-state index in [4.69, 9.17) is 28.4 Å². The molecule has 0 N–H and O–H groups in total. The van der Waals surface area contributed by atoms with Gasteiger partial charge in [0.25, 0.3) is 0 Å². The molecule has 0 spiro atoms. The van der Waals surface area contributed by atoms with Crippen molar-refractivity contribution in [1.29, 1.82) is 0 Å². The van der Waals surface area contributed by atoms with Crippen molar-refractivity contribution in [2.75, 3.05) is 39.6 Å². The third kappa shape index (κ3) is 12.1. The van der Waals surface area contributed by atoms with Crippen molar-refractivity contribution < 1.29 is 38.0 Å². The van der Waals surface area contributed by atoms with Crippen LogP contribution in [0.1, 0.15) is 91.5 Å². The number of benzene rings is 3. The summed E-state index contributed by atoms with van der Waals surface area (Å²) in [6.07, 6.45) is 8.62. The van der Waals surface area contributed by atoms with Gasteiger partial charge in [-0.2, -0.15) is 0 Å². The quantitative estimate of drug-likeness (QED) is 0.0582. The Hall–Kier alpha value is -3.36. The van der Waals surface area contributed by atoms with E-state index in [2.05, 4.69) is 39.0 Å². The maximum atomic E-state index is 11.9. The SMILES string of the molecule is CCCCCCOCC(COc1c2ccccc2c(OCC(COCCCCCC)OC(C)=O)c2cc(CC)ccc12)OC(C)=O. The number of esters is 2. The maximum absolute atomic E-state index is 11.9. The van der Waals surface area contributed by atoms with Crippen LogP contribution in [-0.2, 0) is 35.0 Å². The minimum Gasteiger partial charge on any atom is -0.488 e. The summed E-state index contributed by atoms with van der Waals surface area (Å²) in [5.41, 5.74) is 1.15. The highest BCUT2D eigenvalue weighted by atomic mass is 16.6. The van der Waals surface area contributed by atoms with Gasteiger partial charge in [-0.25, -0.2) is 0 Å². The number of rotatable bonds is 23. The molecule has 0 fully saturated rings. The van der Waals surface area contributed by atoms with E-state index in [0.29, 0.717) is 24.7 Å². The lowest BCUT2D eigenvalue weighted by Crippen LogP contribution is -2.29. The molecular formula is C38H54O8. The van der Waals surface area contributed by atoms with Crippen LogP contribution in [-0.4, -0.2) is 63.8 Å². The summed E-state index contributed by atoms with van der Waals surface area (Å²) in [5.74, 6) is 0.636. The zero-order chi connectivity index (χ0) is 33.1.